The smallest absolute Gasteiger partial charge is 0.279 e. The van der Waals surface area contributed by atoms with Gasteiger partial charge in [0.1, 0.15) is 0 Å². The van der Waals surface area contributed by atoms with Gasteiger partial charge in [-0.2, -0.15) is 0 Å². The van der Waals surface area contributed by atoms with Gasteiger partial charge in [0.05, 0.1) is 5.56 Å². The monoisotopic (exact) mass is 219 g/mol. The Morgan fingerprint density at radius 2 is 2.23 bits per heavy atom. The molecule has 0 aromatic carbocycles. The second-order valence-corrected chi connectivity index (χ2v) is 5.30. The van der Waals surface area contributed by atoms with Crippen LogP contribution in [0.15, 0.2) is 11.4 Å². The molecule has 0 aliphatic carbocycles. The van der Waals surface area contributed by atoms with Gasteiger partial charge in [-0.15, -0.1) is 11.3 Å². The second kappa shape index (κ2) is 3.59. The summed E-state index contributed by atoms with van der Waals surface area (Å²) < 4.78 is 10.9. The van der Waals surface area contributed by atoms with Crippen molar-refractivity contribution >= 4 is 24.8 Å². The number of thiophene rings is 1. The number of amides is 1. The van der Waals surface area contributed by atoms with Gasteiger partial charge in [0.25, 0.3) is 5.91 Å². The van der Waals surface area contributed by atoms with E-state index < -0.39 is 13.5 Å². The van der Waals surface area contributed by atoms with Crippen LogP contribution in [0.3, 0.4) is 0 Å². The summed E-state index contributed by atoms with van der Waals surface area (Å²) in [6, 6.07) is 1.63. The lowest BCUT2D eigenvalue weighted by molar-refractivity contribution is 0.0980. The van der Waals surface area contributed by atoms with Gasteiger partial charge in [-0.1, -0.05) is 0 Å². The molecule has 5 N–H and O–H groups in total. The summed E-state index contributed by atoms with van der Waals surface area (Å²) in [5.74, 6) is -0.493. The van der Waals surface area contributed by atoms with Crippen LogP contribution in [0.25, 0.3) is 0 Å². The van der Waals surface area contributed by atoms with Crippen molar-refractivity contribution in [2.45, 2.75) is 6.92 Å². The Morgan fingerprint density at radius 1 is 1.62 bits per heavy atom. The van der Waals surface area contributed by atoms with Crippen LogP contribution in [0.1, 0.15) is 15.2 Å². The molecule has 0 saturated carbocycles. The first-order chi connectivity index (χ1) is 5.90. The summed E-state index contributed by atoms with van der Waals surface area (Å²) in [4.78, 5) is 12.1. The second-order valence-electron chi connectivity index (χ2n) is 2.54. The third kappa shape index (κ3) is 2.93. The molecule has 0 aliphatic rings. The molecule has 0 unspecified atom stereocenters. The third-order valence-electron chi connectivity index (χ3n) is 1.38. The van der Waals surface area contributed by atoms with Gasteiger partial charge in [-0.25, -0.2) is 0 Å². The summed E-state index contributed by atoms with van der Waals surface area (Å²) in [6.07, 6.45) is 0. The predicted octanol–water partition coefficient (Wildman–Crippen LogP) is 0.812. The van der Waals surface area contributed by atoms with Crippen molar-refractivity contribution in [1.29, 1.82) is 0 Å². The number of nitrogens with two attached hydrogens (primary N) is 2. The SMILES string of the molecule is Cc1sccc1C(=O)NP(N)(N)=O. The molecule has 1 amide bonds. The minimum absolute atomic E-state index is 0.459. The Hall–Kier alpha value is -0.680. The summed E-state index contributed by atoms with van der Waals surface area (Å²) >= 11 is 1.43. The van der Waals surface area contributed by atoms with Crippen molar-refractivity contribution in [3.63, 3.8) is 0 Å². The first-order valence-electron chi connectivity index (χ1n) is 3.44. The van der Waals surface area contributed by atoms with Crippen LogP contribution >= 0.6 is 18.9 Å². The molecule has 13 heavy (non-hydrogen) atoms. The van der Waals surface area contributed by atoms with Gasteiger partial charge in [0.15, 0.2) is 0 Å². The molecule has 7 heteroatoms. The summed E-state index contributed by atoms with van der Waals surface area (Å²) in [6.45, 7) is 1.79. The Bertz CT molecular complexity index is 370. The van der Waals surface area contributed by atoms with E-state index in [0.717, 1.165) is 4.88 Å². The van der Waals surface area contributed by atoms with E-state index in [9.17, 15) is 9.36 Å². The molecule has 1 rings (SSSR count). The van der Waals surface area contributed by atoms with Gasteiger partial charge in [-0.3, -0.25) is 25.5 Å². The number of hydrogen-bond donors (Lipinski definition) is 3. The Labute approximate surface area is 79.7 Å². The normalized spacial score (nSPS) is 11.3. The molecular formula is C6H10N3O2PS. The Morgan fingerprint density at radius 3 is 2.62 bits per heavy atom. The fourth-order valence-electron chi connectivity index (χ4n) is 0.839. The molecule has 0 bridgehead atoms. The third-order valence-corrected chi connectivity index (χ3v) is 2.78. The zero-order chi connectivity index (χ0) is 10.1. The first-order valence-corrected chi connectivity index (χ1v) is 6.16. The van der Waals surface area contributed by atoms with E-state index in [2.05, 4.69) is 0 Å². The molecule has 72 valence electrons. The highest BCUT2D eigenvalue weighted by atomic mass is 32.1. The number of nitrogens with one attached hydrogen (secondary N) is 1. The van der Waals surface area contributed by atoms with Crippen LogP contribution in [0, 0.1) is 6.92 Å². The Kier molecular flexibility index (Phi) is 2.87. The topological polar surface area (TPSA) is 98.2 Å². The van der Waals surface area contributed by atoms with E-state index in [1.54, 1.807) is 18.4 Å². The molecule has 1 heterocycles. The highest BCUT2D eigenvalue weighted by molar-refractivity contribution is 7.57. The molecule has 0 atom stereocenters. The van der Waals surface area contributed by atoms with Crippen LogP contribution < -0.4 is 16.1 Å². The molecule has 1 aromatic heterocycles. The minimum Gasteiger partial charge on any atom is -0.279 e. The number of aryl methyl sites for hydroxylation is 1. The Balaban J connectivity index is 2.82. The molecule has 1 aromatic rings. The van der Waals surface area contributed by atoms with Gasteiger partial charge < -0.3 is 0 Å². The standard InChI is InChI=1S/C6H10N3O2PS/c1-4-5(2-3-13-4)6(10)9-12(7,8)11/h2-3H,1H3,(H5,7,8,9,10,11). The van der Waals surface area contributed by atoms with Gasteiger partial charge >= 0.3 is 7.59 Å². The maximum atomic E-state index is 11.3. The lowest BCUT2D eigenvalue weighted by atomic mass is 10.3. The summed E-state index contributed by atoms with van der Waals surface area (Å²) in [5, 5.41) is 3.81. The van der Waals surface area contributed by atoms with E-state index in [-0.39, 0.29) is 0 Å². The van der Waals surface area contributed by atoms with E-state index in [4.69, 9.17) is 11.0 Å². The van der Waals surface area contributed by atoms with E-state index in [1.165, 1.54) is 11.3 Å². The predicted molar refractivity (Wildman–Crippen MR) is 52.5 cm³/mol. The van der Waals surface area contributed by atoms with E-state index in [0.29, 0.717) is 5.56 Å². The molecule has 0 fully saturated rings. The molecule has 0 radical (unpaired) electrons. The quantitative estimate of drug-likeness (QED) is 0.641. The van der Waals surface area contributed by atoms with Crippen LogP contribution in [0.2, 0.25) is 0 Å². The molecular weight excluding hydrogens is 209 g/mol. The first kappa shape index (κ1) is 10.4. The van der Waals surface area contributed by atoms with Crippen molar-refractivity contribution < 1.29 is 9.36 Å². The van der Waals surface area contributed by atoms with Crippen LogP contribution in [0.5, 0.6) is 0 Å². The summed E-state index contributed by atoms with van der Waals surface area (Å²) in [5.41, 5.74) is 10.5. The zero-order valence-corrected chi connectivity index (χ0v) is 8.69. The average molecular weight is 219 g/mol. The van der Waals surface area contributed by atoms with Crippen molar-refractivity contribution in [2.75, 3.05) is 0 Å². The van der Waals surface area contributed by atoms with E-state index in [1.807, 2.05) is 5.09 Å². The van der Waals surface area contributed by atoms with Crippen LogP contribution in [-0.2, 0) is 4.57 Å². The average Bonchev–Trinajstić information content (AvgIpc) is 2.30. The molecule has 0 spiro atoms. The van der Waals surface area contributed by atoms with Gasteiger partial charge in [0, 0.05) is 4.88 Å². The van der Waals surface area contributed by atoms with Crippen LogP contribution in [0.4, 0.5) is 0 Å². The minimum atomic E-state index is -3.48. The summed E-state index contributed by atoms with van der Waals surface area (Å²) in [7, 11) is -3.48. The number of carbonyl (C=O) groups excluding carboxylic acids is 1. The lowest BCUT2D eigenvalue weighted by Gasteiger charge is -2.07. The maximum Gasteiger partial charge on any atom is 0.300 e. The highest BCUT2D eigenvalue weighted by Crippen LogP contribution is 2.21. The maximum absolute atomic E-state index is 11.3. The number of carbonyl (C=O) groups is 1. The van der Waals surface area contributed by atoms with E-state index >= 15 is 0 Å². The largest absolute Gasteiger partial charge is 0.300 e. The highest BCUT2D eigenvalue weighted by Gasteiger charge is 2.16. The molecule has 5 nitrogen and oxygen atoms in total. The fraction of sp³-hybridized carbons (Fsp3) is 0.167. The van der Waals surface area contributed by atoms with Crippen LogP contribution in [-0.4, -0.2) is 5.91 Å². The van der Waals surface area contributed by atoms with Crippen molar-refractivity contribution in [3.8, 4) is 0 Å². The van der Waals surface area contributed by atoms with Crippen molar-refractivity contribution in [2.24, 2.45) is 11.0 Å². The number of rotatable bonds is 2. The van der Waals surface area contributed by atoms with Gasteiger partial charge in [-0.05, 0) is 18.4 Å². The van der Waals surface area contributed by atoms with Crippen molar-refractivity contribution in [3.05, 3.63) is 21.9 Å². The van der Waals surface area contributed by atoms with Gasteiger partial charge in [0.2, 0.25) is 0 Å². The lowest BCUT2D eigenvalue weighted by Crippen LogP contribution is -2.28. The molecule has 0 saturated heterocycles. The number of hydrogen-bond acceptors (Lipinski definition) is 3. The molecule has 0 aliphatic heterocycles. The fourth-order valence-corrected chi connectivity index (χ4v) is 1.97. The van der Waals surface area contributed by atoms with Crippen molar-refractivity contribution in [1.82, 2.24) is 5.09 Å². The zero-order valence-electron chi connectivity index (χ0n) is 6.98.